The molecule has 3 aromatic rings. The van der Waals surface area contributed by atoms with Gasteiger partial charge in [-0.3, -0.25) is 4.98 Å². The molecule has 3 heterocycles. The maximum atomic E-state index is 9.40. The Kier molecular flexibility index (Phi) is 3.02. The van der Waals surface area contributed by atoms with Crippen molar-refractivity contribution in [3.05, 3.63) is 29.6 Å². The minimum Gasteiger partial charge on any atom is -0.391 e. The van der Waals surface area contributed by atoms with Crippen molar-refractivity contribution in [2.75, 3.05) is 0 Å². The fourth-order valence-corrected chi connectivity index (χ4v) is 2.44. The number of aromatic nitrogens is 3. The van der Waals surface area contributed by atoms with Gasteiger partial charge in [0.05, 0.1) is 16.3 Å². The highest BCUT2D eigenvalue weighted by Gasteiger charge is 2.20. The molecule has 2 atom stereocenters. The van der Waals surface area contributed by atoms with E-state index in [1.54, 1.807) is 24.5 Å². The molecule has 0 radical (unpaired) electrons. The van der Waals surface area contributed by atoms with E-state index < -0.39 is 12.1 Å². The predicted molar refractivity (Wildman–Crippen MR) is 71.5 cm³/mol. The van der Waals surface area contributed by atoms with Gasteiger partial charge in [-0.05, 0) is 24.4 Å². The summed E-state index contributed by atoms with van der Waals surface area (Å²) in [6.07, 6.45) is 0.948. The maximum absolute atomic E-state index is 9.40. The molecule has 0 aliphatic rings. The van der Waals surface area contributed by atoms with E-state index >= 15 is 0 Å². The highest BCUT2D eigenvalue weighted by molar-refractivity contribution is 7.17. The number of fused-ring (bicyclic) bond motifs is 1. The summed E-state index contributed by atoms with van der Waals surface area (Å²) >= 11 is 1.60. The molecule has 0 unspecified atom stereocenters. The lowest BCUT2D eigenvalue weighted by molar-refractivity contribution is 0.146. The first-order valence-corrected chi connectivity index (χ1v) is 6.64. The third-order valence-electron chi connectivity index (χ3n) is 2.81. The van der Waals surface area contributed by atoms with Gasteiger partial charge in [-0.25, -0.2) is 0 Å². The fourth-order valence-electron chi connectivity index (χ4n) is 1.66. The number of thiophene rings is 1. The van der Waals surface area contributed by atoms with Crippen LogP contribution in [-0.2, 0) is 0 Å². The van der Waals surface area contributed by atoms with Gasteiger partial charge in [-0.2, -0.15) is 4.98 Å². The first-order valence-electron chi connectivity index (χ1n) is 5.76. The van der Waals surface area contributed by atoms with E-state index in [0.29, 0.717) is 5.82 Å². The number of hydrogen-bond acceptors (Lipinski definition) is 7. The number of aliphatic hydroxyl groups is 1. The average molecular weight is 276 g/mol. The first-order chi connectivity index (χ1) is 9.15. The lowest BCUT2D eigenvalue weighted by atomic mass is 10.2. The molecule has 98 valence electrons. The van der Waals surface area contributed by atoms with Crippen LogP contribution in [0.4, 0.5) is 0 Å². The zero-order chi connectivity index (χ0) is 13.4. The molecule has 0 aliphatic heterocycles. The Morgan fingerprint density at radius 2 is 2.32 bits per heavy atom. The van der Waals surface area contributed by atoms with Gasteiger partial charge in [-0.15, -0.1) is 11.3 Å². The van der Waals surface area contributed by atoms with Crippen LogP contribution in [0.3, 0.4) is 0 Å². The third-order valence-corrected chi connectivity index (χ3v) is 3.66. The molecule has 0 aliphatic carbocycles. The fraction of sp³-hybridized carbons (Fsp3) is 0.250. The Bertz CT molecular complexity index is 706. The number of hydrogen-bond donors (Lipinski definition) is 2. The van der Waals surface area contributed by atoms with E-state index in [-0.39, 0.29) is 5.89 Å². The molecule has 3 rings (SSSR count). The summed E-state index contributed by atoms with van der Waals surface area (Å²) in [5, 5.41) is 15.3. The summed E-state index contributed by atoms with van der Waals surface area (Å²) < 4.78 is 6.12. The van der Waals surface area contributed by atoms with E-state index in [1.807, 2.05) is 17.5 Å². The van der Waals surface area contributed by atoms with Crippen molar-refractivity contribution in [3.8, 4) is 11.4 Å². The van der Waals surface area contributed by atoms with Crippen LogP contribution < -0.4 is 5.73 Å². The molecule has 7 heteroatoms. The second-order valence-corrected chi connectivity index (χ2v) is 5.20. The van der Waals surface area contributed by atoms with E-state index in [9.17, 15) is 5.11 Å². The summed E-state index contributed by atoms with van der Waals surface area (Å²) in [7, 11) is 0. The van der Waals surface area contributed by atoms with Crippen LogP contribution in [0.1, 0.15) is 18.9 Å². The van der Waals surface area contributed by atoms with Gasteiger partial charge in [0.15, 0.2) is 0 Å². The summed E-state index contributed by atoms with van der Waals surface area (Å²) in [6.45, 7) is 1.58. The van der Waals surface area contributed by atoms with E-state index in [2.05, 4.69) is 15.1 Å². The van der Waals surface area contributed by atoms with Crippen molar-refractivity contribution in [1.29, 1.82) is 0 Å². The summed E-state index contributed by atoms with van der Waals surface area (Å²) in [5.74, 6) is 0.644. The van der Waals surface area contributed by atoms with Gasteiger partial charge >= 0.3 is 0 Å². The SMILES string of the molecule is C[C@@H](O)[C@H](N)c1nc(-c2cnc3ccsc3c2)no1. The van der Waals surface area contributed by atoms with Gasteiger partial charge in [0.1, 0.15) is 6.04 Å². The minimum absolute atomic E-state index is 0.219. The van der Waals surface area contributed by atoms with Gasteiger partial charge in [0.25, 0.3) is 0 Å². The van der Waals surface area contributed by atoms with Crippen molar-refractivity contribution in [2.24, 2.45) is 5.73 Å². The Hall–Kier alpha value is -1.83. The Morgan fingerprint density at radius 1 is 1.47 bits per heavy atom. The standard InChI is InChI=1S/C12H12N4O2S/c1-6(17)10(13)12-15-11(16-18-12)7-4-9-8(14-5-7)2-3-19-9/h2-6,10,17H,13H2,1H3/t6-,10+/m1/s1. The molecule has 0 bridgehead atoms. The second-order valence-electron chi connectivity index (χ2n) is 4.25. The molecule has 0 saturated carbocycles. The number of nitrogens with zero attached hydrogens (tertiary/aromatic N) is 3. The van der Waals surface area contributed by atoms with Crippen molar-refractivity contribution in [2.45, 2.75) is 19.1 Å². The predicted octanol–water partition coefficient (Wildman–Crippen LogP) is 1.73. The first kappa shape index (κ1) is 12.2. The molecule has 6 nitrogen and oxygen atoms in total. The number of nitrogens with two attached hydrogens (primary N) is 1. The Balaban J connectivity index is 1.97. The molecule has 19 heavy (non-hydrogen) atoms. The normalized spacial score (nSPS) is 14.7. The molecule has 0 amide bonds. The maximum Gasteiger partial charge on any atom is 0.246 e. The quantitative estimate of drug-likeness (QED) is 0.756. The zero-order valence-electron chi connectivity index (χ0n) is 10.1. The lowest BCUT2D eigenvalue weighted by Gasteiger charge is -2.08. The monoisotopic (exact) mass is 276 g/mol. The smallest absolute Gasteiger partial charge is 0.246 e. The Morgan fingerprint density at radius 3 is 3.11 bits per heavy atom. The Labute approximate surface area is 112 Å². The highest BCUT2D eigenvalue weighted by atomic mass is 32.1. The summed E-state index contributed by atoms with van der Waals surface area (Å²) in [5.41, 5.74) is 7.45. The van der Waals surface area contributed by atoms with Gasteiger partial charge in [0, 0.05) is 11.8 Å². The van der Waals surface area contributed by atoms with E-state index in [4.69, 9.17) is 10.3 Å². The van der Waals surface area contributed by atoms with Crippen LogP contribution in [0.2, 0.25) is 0 Å². The second kappa shape index (κ2) is 4.69. The van der Waals surface area contributed by atoms with Crippen molar-refractivity contribution >= 4 is 21.6 Å². The molecule has 0 spiro atoms. The van der Waals surface area contributed by atoms with E-state index in [0.717, 1.165) is 15.8 Å². The van der Waals surface area contributed by atoms with Crippen LogP contribution in [-0.4, -0.2) is 26.3 Å². The molecule has 0 fully saturated rings. The number of rotatable bonds is 3. The summed E-state index contributed by atoms with van der Waals surface area (Å²) in [4.78, 5) is 8.51. The molecule has 0 saturated heterocycles. The van der Waals surface area contributed by atoms with Crippen LogP contribution in [0.15, 0.2) is 28.2 Å². The van der Waals surface area contributed by atoms with Gasteiger partial charge < -0.3 is 15.4 Å². The lowest BCUT2D eigenvalue weighted by Crippen LogP contribution is -2.23. The minimum atomic E-state index is -0.744. The molecular formula is C12H12N4O2S. The van der Waals surface area contributed by atoms with Crippen LogP contribution in [0.25, 0.3) is 21.6 Å². The van der Waals surface area contributed by atoms with Crippen LogP contribution >= 0.6 is 11.3 Å². The molecular weight excluding hydrogens is 264 g/mol. The van der Waals surface area contributed by atoms with Crippen LogP contribution in [0.5, 0.6) is 0 Å². The highest BCUT2D eigenvalue weighted by Crippen LogP contribution is 2.25. The largest absolute Gasteiger partial charge is 0.391 e. The van der Waals surface area contributed by atoms with Crippen LogP contribution in [0, 0.1) is 0 Å². The molecule has 0 aromatic carbocycles. The third kappa shape index (κ3) is 2.23. The number of pyridine rings is 1. The topological polar surface area (TPSA) is 98.1 Å². The van der Waals surface area contributed by atoms with Gasteiger partial charge in [0.2, 0.25) is 11.7 Å². The van der Waals surface area contributed by atoms with Crippen molar-refractivity contribution in [3.63, 3.8) is 0 Å². The molecule has 3 N–H and O–H groups in total. The van der Waals surface area contributed by atoms with Crippen molar-refractivity contribution in [1.82, 2.24) is 15.1 Å². The molecule has 3 aromatic heterocycles. The zero-order valence-corrected chi connectivity index (χ0v) is 11.0. The summed E-state index contributed by atoms with van der Waals surface area (Å²) in [6, 6.07) is 3.23. The van der Waals surface area contributed by atoms with Crippen molar-refractivity contribution < 1.29 is 9.63 Å². The average Bonchev–Trinajstić information content (AvgIpc) is 3.05. The van der Waals surface area contributed by atoms with Gasteiger partial charge in [-0.1, -0.05) is 5.16 Å². The number of aliphatic hydroxyl groups excluding tert-OH is 1. The van der Waals surface area contributed by atoms with E-state index in [1.165, 1.54) is 0 Å².